The van der Waals surface area contributed by atoms with Gasteiger partial charge in [-0.3, -0.25) is 4.79 Å². The largest absolute Gasteiger partial charge is 0.456 e. The molecule has 3 N–H and O–H groups in total. The quantitative estimate of drug-likeness (QED) is 0.516. The number of esters is 1. The fourth-order valence-corrected chi connectivity index (χ4v) is 0.382. The van der Waals surface area contributed by atoms with Crippen molar-refractivity contribution in [3.8, 4) is 0 Å². The molecule has 10 heavy (non-hydrogen) atoms. The van der Waals surface area contributed by atoms with Crippen LogP contribution in [0.4, 0.5) is 0 Å². The normalized spacial score (nSPS) is 11.2. The number of aliphatic hydroxyl groups excluding tert-OH is 1. The monoisotopic (exact) mass is 147 g/mol. The Bertz CT molecular complexity index is 122. The molecular weight excluding hydrogens is 134 g/mol. The maximum Gasteiger partial charge on any atom is 0.320 e. The van der Waals surface area contributed by atoms with Crippen LogP contribution >= 0.6 is 0 Å². The maximum absolute atomic E-state index is 10.5. The second-order valence-electron chi connectivity index (χ2n) is 2.60. The number of ether oxygens (including phenoxy) is 1. The predicted octanol–water partition coefficient (Wildman–Crippen LogP) is -0.741. The van der Waals surface area contributed by atoms with Gasteiger partial charge in [0.25, 0.3) is 0 Å². The van der Waals surface area contributed by atoms with Gasteiger partial charge in [-0.05, 0) is 13.8 Å². The van der Waals surface area contributed by atoms with E-state index in [1.54, 1.807) is 13.8 Å². The Morgan fingerprint density at radius 3 is 2.50 bits per heavy atom. The second-order valence-corrected chi connectivity index (χ2v) is 2.60. The highest BCUT2D eigenvalue weighted by molar-refractivity contribution is 5.71. The molecule has 0 aliphatic carbocycles. The summed E-state index contributed by atoms with van der Waals surface area (Å²) in [4.78, 5) is 10.5. The molecular formula is C6H13NO3. The topological polar surface area (TPSA) is 72.5 Å². The summed E-state index contributed by atoms with van der Waals surface area (Å²) in [7, 11) is 0. The molecule has 0 amide bonds. The van der Waals surface area contributed by atoms with Crippen LogP contribution in [0, 0.1) is 0 Å². The molecule has 60 valence electrons. The minimum absolute atomic E-state index is 0.149. The third-order valence-electron chi connectivity index (χ3n) is 0.938. The maximum atomic E-state index is 10.5. The van der Waals surface area contributed by atoms with E-state index in [1.165, 1.54) is 0 Å². The van der Waals surface area contributed by atoms with Gasteiger partial charge in [-0.15, -0.1) is 0 Å². The van der Waals surface area contributed by atoms with Gasteiger partial charge in [0.2, 0.25) is 0 Å². The van der Waals surface area contributed by atoms with Gasteiger partial charge < -0.3 is 15.6 Å². The van der Waals surface area contributed by atoms with Gasteiger partial charge in [0.15, 0.2) is 0 Å². The molecule has 0 saturated heterocycles. The first kappa shape index (κ1) is 9.39. The van der Waals surface area contributed by atoms with Crippen molar-refractivity contribution in [2.45, 2.75) is 19.4 Å². The van der Waals surface area contributed by atoms with Crippen LogP contribution in [0.5, 0.6) is 0 Å². The molecule has 0 aromatic heterocycles. The van der Waals surface area contributed by atoms with Crippen molar-refractivity contribution >= 4 is 5.97 Å². The molecule has 0 unspecified atom stereocenters. The van der Waals surface area contributed by atoms with E-state index in [4.69, 9.17) is 15.6 Å². The van der Waals surface area contributed by atoms with E-state index < -0.39 is 11.6 Å². The second kappa shape index (κ2) is 3.53. The number of aliphatic hydroxyl groups is 1. The van der Waals surface area contributed by atoms with Gasteiger partial charge in [0.05, 0.1) is 13.2 Å². The average Bonchev–Trinajstić information content (AvgIpc) is 1.87. The fraction of sp³-hybridized carbons (Fsp3) is 0.833. The number of hydrogen-bond donors (Lipinski definition) is 2. The third-order valence-corrected chi connectivity index (χ3v) is 0.938. The molecule has 0 radical (unpaired) electrons. The summed E-state index contributed by atoms with van der Waals surface area (Å²) in [6, 6.07) is 0. The zero-order valence-electron chi connectivity index (χ0n) is 6.26. The van der Waals surface area contributed by atoms with Crippen LogP contribution in [-0.2, 0) is 9.53 Å². The lowest BCUT2D eigenvalue weighted by molar-refractivity contribution is -0.158. The van der Waals surface area contributed by atoms with Gasteiger partial charge in [-0.2, -0.15) is 0 Å². The first-order valence-corrected chi connectivity index (χ1v) is 3.04. The van der Waals surface area contributed by atoms with Gasteiger partial charge in [0, 0.05) is 0 Å². The molecule has 0 aliphatic rings. The SMILES string of the molecule is CC(C)(CO)OC(=O)CN. The molecule has 0 fully saturated rings. The number of nitrogens with two attached hydrogens (primary N) is 1. The number of carbonyl (C=O) groups is 1. The Balaban J connectivity index is 3.76. The van der Waals surface area contributed by atoms with Crippen molar-refractivity contribution in [1.82, 2.24) is 0 Å². The summed E-state index contributed by atoms with van der Waals surface area (Å²) in [5.41, 5.74) is 4.17. The van der Waals surface area contributed by atoms with Crippen LogP contribution in [0.25, 0.3) is 0 Å². The molecule has 0 heterocycles. The van der Waals surface area contributed by atoms with Crippen molar-refractivity contribution in [3.05, 3.63) is 0 Å². The Morgan fingerprint density at radius 1 is 1.70 bits per heavy atom. The lowest BCUT2D eigenvalue weighted by Gasteiger charge is -2.21. The molecule has 0 rings (SSSR count). The molecule has 0 aromatic carbocycles. The van der Waals surface area contributed by atoms with Crippen molar-refractivity contribution in [1.29, 1.82) is 0 Å². The number of hydrogen-bond acceptors (Lipinski definition) is 4. The van der Waals surface area contributed by atoms with Gasteiger partial charge in [-0.1, -0.05) is 0 Å². The zero-order valence-corrected chi connectivity index (χ0v) is 6.26. The lowest BCUT2D eigenvalue weighted by atomic mass is 10.1. The Hall–Kier alpha value is -0.610. The van der Waals surface area contributed by atoms with Gasteiger partial charge >= 0.3 is 5.97 Å². The molecule has 0 saturated carbocycles. The van der Waals surface area contributed by atoms with E-state index in [9.17, 15) is 4.79 Å². The smallest absolute Gasteiger partial charge is 0.320 e. The van der Waals surface area contributed by atoms with Crippen molar-refractivity contribution < 1.29 is 14.6 Å². The summed E-state index contributed by atoms with van der Waals surface area (Å²) in [6.45, 7) is 2.88. The standard InChI is InChI=1S/C6H13NO3/c1-6(2,4-8)10-5(9)3-7/h8H,3-4,7H2,1-2H3. The number of rotatable bonds is 3. The first-order valence-electron chi connectivity index (χ1n) is 3.04. The van der Waals surface area contributed by atoms with Crippen LogP contribution in [0.2, 0.25) is 0 Å². The van der Waals surface area contributed by atoms with Crippen molar-refractivity contribution in [3.63, 3.8) is 0 Å². The molecule has 0 spiro atoms. The van der Waals surface area contributed by atoms with Crippen LogP contribution in [0.1, 0.15) is 13.8 Å². The molecule has 0 aromatic rings. The van der Waals surface area contributed by atoms with Gasteiger partial charge in [-0.25, -0.2) is 0 Å². The molecule has 4 heteroatoms. The summed E-state index contributed by atoms with van der Waals surface area (Å²) in [6.07, 6.45) is 0. The highest BCUT2D eigenvalue weighted by atomic mass is 16.6. The first-order chi connectivity index (χ1) is 4.52. The summed E-state index contributed by atoms with van der Waals surface area (Å²) in [5, 5.41) is 8.62. The highest BCUT2D eigenvalue weighted by Gasteiger charge is 2.20. The van der Waals surface area contributed by atoms with E-state index >= 15 is 0 Å². The third kappa shape index (κ3) is 3.42. The minimum Gasteiger partial charge on any atom is -0.456 e. The van der Waals surface area contributed by atoms with Crippen LogP contribution in [0.15, 0.2) is 0 Å². The minimum atomic E-state index is -0.809. The van der Waals surface area contributed by atoms with Crippen molar-refractivity contribution in [2.75, 3.05) is 13.2 Å². The van der Waals surface area contributed by atoms with Crippen LogP contribution < -0.4 is 5.73 Å². The summed E-state index contributed by atoms with van der Waals surface area (Å²) in [5.74, 6) is -0.501. The highest BCUT2D eigenvalue weighted by Crippen LogP contribution is 2.06. The zero-order chi connectivity index (χ0) is 8.20. The predicted molar refractivity (Wildman–Crippen MR) is 36.3 cm³/mol. The Morgan fingerprint density at radius 2 is 2.20 bits per heavy atom. The summed E-state index contributed by atoms with van der Waals surface area (Å²) >= 11 is 0. The molecule has 4 nitrogen and oxygen atoms in total. The molecule has 0 bridgehead atoms. The molecule has 0 atom stereocenters. The average molecular weight is 147 g/mol. The van der Waals surface area contributed by atoms with E-state index in [2.05, 4.69) is 0 Å². The lowest BCUT2D eigenvalue weighted by Crippen LogP contribution is -2.34. The summed E-state index contributed by atoms with van der Waals surface area (Å²) < 4.78 is 4.72. The van der Waals surface area contributed by atoms with Crippen LogP contribution in [0.3, 0.4) is 0 Å². The number of carbonyl (C=O) groups excluding carboxylic acids is 1. The van der Waals surface area contributed by atoms with Gasteiger partial charge in [0.1, 0.15) is 5.60 Å². The fourth-order valence-electron chi connectivity index (χ4n) is 0.382. The van der Waals surface area contributed by atoms with Crippen molar-refractivity contribution in [2.24, 2.45) is 5.73 Å². The van der Waals surface area contributed by atoms with E-state index in [0.29, 0.717) is 0 Å². The van der Waals surface area contributed by atoms with E-state index in [-0.39, 0.29) is 13.2 Å². The Labute approximate surface area is 60.0 Å². The van der Waals surface area contributed by atoms with E-state index in [0.717, 1.165) is 0 Å². The van der Waals surface area contributed by atoms with E-state index in [1.807, 2.05) is 0 Å². The van der Waals surface area contributed by atoms with Crippen LogP contribution in [-0.4, -0.2) is 29.8 Å². The molecule has 0 aliphatic heterocycles. The Kier molecular flexibility index (Phi) is 3.32.